The fourth-order valence-electron chi connectivity index (χ4n) is 4.48. The van der Waals surface area contributed by atoms with Crippen LogP contribution in [0.25, 0.3) is 0 Å². The zero-order valence-corrected chi connectivity index (χ0v) is 18.4. The molecule has 0 fully saturated rings. The molecule has 0 radical (unpaired) electrons. The minimum atomic E-state index is -0.424. The molecule has 0 spiro atoms. The molecule has 1 aliphatic carbocycles. The van der Waals surface area contributed by atoms with E-state index in [4.69, 9.17) is 11.6 Å². The maximum Gasteiger partial charge on any atom is 0.506 e. The number of rotatable bonds is 3. The third-order valence-electron chi connectivity index (χ3n) is 6.03. The number of halogens is 2. The lowest BCUT2D eigenvalue weighted by atomic mass is 9.93. The summed E-state index contributed by atoms with van der Waals surface area (Å²) >= 11 is 7.61. The summed E-state index contributed by atoms with van der Waals surface area (Å²) in [7, 11) is 0. The van der Waals surface area contributed by atoms with Crippen LogP contribution in [0.5, 0.6) is 0 Å². The molecule has 0 saturated heterocycles. The lowest BCUT2D eigenvalue weighted by molar-refractivity contribution is -0.443. The highest BCUT2D eigenvalue weighted by Crippen LogP contribution is 2.47. The summed E-state index contributed by atoms with van der Waals surface area (Å²) < 4.78 is 15.1. The highest BCUT2D eigenvalue weighted by atomic mass is 35.5. The van der Waals surface area contributed by atoms with Crippen LogP contribution < -0.4 is 4.90 Å². The van der Waals surface area contributed by atoms with E-state index in [2.05, 4.69) is 0 Å². The van der Waals surface area contributed by atoms with Gasteiger partial charge in [-0.2, -0.15) is 9.37 Å². The fourth-order valence-corrected chi connectivity index (χ4v) is 6.07. The third-order valence-corrected chi connectivity index (χ3v) is 7.66. The second-order valence-electron chi connectivity index (χ2n) is 8.03. The Morgan fingerprint density at radius 3 is 2.45 bits per heavy atom. The van der Waals surface area contributed by atoms with Gasteiger partial charge in [0.1, 0.15) is 18.0 Å². The molecule has 3 aliphatic rings. The fraction of sp³-hybridized carbons (Fsp3) is 0.292. The Balaban J connectivity index is 1.61. The standard InChI is InChI=1S/C24H21ClFN2O2S/c25-16-8-12-18(13-9-16)28-22(29)21-19-4-2-1-3-5-20(19)31-23(21)27(24(28)30)14-15-6-10-17(26)11-7-15/h6-13,21H,1-5,14H2/q+1. The van der Waals surface area contributed by atoms with Crippen LogP contribution in [-0.2, 0) is 11.3 Å². The Morgan fingerprint density at radius 1 is 1.00 bits per heavy atom. The van der Waals surface area contributed by atoms with Gasteiger partial charge in [-0.3, -0.25) is 0 Å². The Hall–Kier alpha value is -2.44. The number of nitrogens with zero attached hydrogens (tertiary/aromatic N) is 2. The number of fused-ring (bicyclic) bond motifs is 2. The number of anilines is 1. The zero-order chi connectivity index (χ0) is 21.5. The SMILES string of the molecule is O=C1C2C3=C(CCCCC3)SC2=[N+](Cc2ccc(F)cc2)C(=O)N1c1ccc(Cl)cc1. The summed E-state index contributed by atoms with van der Waals surface area (Å²) in [6, 6.07) is 12.5. The third kappa shape index (κ3) is 3.72. The molecule has 0 saturated carbocycles. The van der Waals surface area contributed by atoms with Crippen LogP contribution >= 0.6 is 23.4 Å². The smallest absolute Gasteiger partial charge is 0.245 e. The van der Waals surface area contributed by atoms with Gasteiger partial charge in [-0.15, -0.1) is 4.90 Å². The molecular weight excluding hydrogens is 435 g/mol. The van der Waals surface area contributed by atoms with Crippen molar-refractivity contribution >= 4 is 46.0 Å². The van der Waals surface area contributed by atoms with Gasteiger partial charge in [0.25, 0.3) is 0 Å². The first-order valence-electron chi connectivity index (χ1n) is 10.4. The van der Waals surface area contributed by atoms with Crippen molar-refractivity contribution in [1.29, 1.82) is 0 Å². The number of imide groups is 1. The minimum absolute atomic E-state index is 0.197. The molecule has 0 aromatic heterocycles. The van der Waals surface area contributed by atoms with E-state index in [1.54, 1.807) is 52.7 Å². The van der Waals surface area contributed by atoms with Crippen molar-refractivity contribution in [3.8, 4) is 0 Å². The van der Waals surface area contributed by atoms with Gasteiger partial charge in [0, 0.05) is 5.02 Å². The molecule has 1 unspecified atom stereocenters. The first-order valence-corrected chi connectivity index (χ1v) is 11.6. The molecule has 1 atom stereocenters. The first kappa shape index (κ1) is 20.5. The van der Waals surface area contributed by atoms with Crippen LogP contribution in [0, 0.1) is 11.7 Å². The Morgan fingerprint density at radius 2 is 1.71 bits per heavy atom. The van der Waals surface area contributed by atoms with E-state index in [0.29, 0.717) is 10.7 Å². The Labute approximate surface area is 189 Å². The lowest BCUT2D eigenvalue weighted by Gasteiger charge is -2.26. The van der Waals surface area contributed by atoms with Crippen LogP contribution in [0.3, 0.4) is 0 Å². The number of allylic oxidation sites excluding steroid dienone is 1. The van der Waals surface area contributed by atoms with Gasteiger partial charge < -0.3 is 0 Å². The number of thioether (sulfide) groups is 1. The van der Waals surface area contributed by atoms with Crippen LogP contribution in [0.2, 0.25) is 5.02 Å². The summed E-state index contributed by atoms with van der Waals surface area (Å²) in [5.41, 5.74) is 2.49. The quantitative estimate of drug-likeness (QED) is 0.522. The van der Waals surface area contributed by atoms with E-state index in [9.17, 15) is 14.0 Å². The second kappa shape index (κ2) is 8.24. The molecule has 2 heterocycles. The van der Waals surface area contributed by atoms with Gasteiger partial charge in [-0.05, 0) is 78.1 Å². The molecule has 4 nitrogen and oxygen atoms in total. The van der Waals surface area contributed by atoms with Crippen LogP contribution in [-0.4, -0.2) is 21.6 Å². The second-order valence-corrected chi connectivity index (χ2v) is 9.58. The molecule has 158 valence electrons. The molecule has 31 heavy (non-hydrogen) atoms. The number of hydrogen-bond acceptors (Lipinski definition) is 3. The van der Waals surface area contributed by atoms with E-state index in [1.807, 2.05) is 0 Å². The van der Waals surface area contributed by atoms with Crippen molar-refractivity contribution in [2.75, 3.05) is 4.90 Å². The first-order chi connectivity index (χ1) is 15.0. The van der Waals surface area contributed by atoms with Crippen molar-refractivity contribution in [2.24, 2.45) is 5.92 Å². The Bertz CT molecular complexity index is 1130. The van der Waals surface area contributed by atoms with Crippen LogP contribution in [0.15, 0.2) is 59.0 Å². The van der Waals surface area contributed by atoms with E-state index >= 15 is 0 Å². The van der Waals surface area contributed by atoms with Crippen molar-refractivity contribution in [1.82, 2.24) is 0 Å². The number of amides is 3. The molecule has 0 bridgehead atoms. The molecule has 2 aliphatic heterocycles. The zero-order valence-electron chi connectivity index (χ0n) is 16.8. The van der Waals surface area contributed by atoms with Gasteiger partial charge in [0.05, 0.1) is 0 Å². The van der Waals surface area contributed by atoms with Gasteiger partial charge >= 0.3 is 11.9 Å². The average molecular weight is 456 g/mol. The normalized spacial score (nSPS) is 21.4. The molecule has 0 N–H and O–H groups in total. The topological polar surface area (TPSA) is 40.4 Å². The highest BCUT2D eigenvalue weighted by molar-refractivity contribution is 8.17. The predicted octanol–water partition coefficient (Wildman–Crippen LogP) is 6.14. The van der Waals surface area contributed by atoms with Gasteiger partial charge in [-0.1, -0.05) is 41.9 Å². The number of urea groups is 1. The van der Waals surface area contributed by atoms with Crippen LogP contribution in [0.4, 0.5) is 14.9 Å². The van der Waals surface area contributed by atoms with Crippen molar-refractivity contribution in [3.63, 3.8) is 0 Å². The molecule has 2 aromatic carbocycles. The molecular formula is C24H21ClFN2O2S+. The van der Waals surface area contributed by atoms with Crippen molar-refractivity contribution < 1.29 is 18.6 Å². The van der Waals surface area contributed by atoms with Crippen LogP contribution in [0.1, 0.15) is 37.7 Å². The van der Waals surface area contributed by atoms with E-state index < -0.39 is 5.92 Å². The molecule has 7 heteroatoms. The maximum absolute atomic E-state index is 13.6. The van der Waals surface area contributed by atoms with E-state index in [0.717, 1.165) is 48.3 Å². The molecule has 3 amide bonds. The molecule has 5 rings (SSSR count). The van der Waals surface area contributed by atoms with Crippen molar-refractivity contribution in [3.05, 3.63) is 75.4 Å². The summed E-state index contributed by atoms with van der Waals surface area (Å²) in [6.07, 6.45) is 5.15. The average Bonchev–Trinajstić information content (AvgIpc) is 2.96. The van der Waals surface area contributed by atoms with E-state index in [-0.39, 0.29) is 24.3 Å². The lowest BCUT2D eigenvalue weighted by Crippen LogP contribution is -2.53. The number of hydrogen-bond donors (Lipinski definition) is 0. The summed E-state index contributed by atoms with van der Waals surface area (Å²) in [6.45, 7) is 0.288. The number of carbonyl (C=O) groups is 2. The van der Waals surface area contributed by atoms with Crippen molar-refractivity contribution in [2.45, 2.75) is 38.6 Å². The largest absolute Gasteiger partial charge is 0.506 e. The minimum Gasteiger partial charge on any atom is -0.245 e. The number of benzene rings is 2. The summed E-state index contributed by atoms with van der Waals surface area (Å²) in [5, 5.41) is 1.33. The predicted molar refractivity (Wildman–Crippen MR) is 121 cm³/mol. The van der Waals surface area contributed by atoms with Gasteiger partial charge in [0.2, 0.25) is 0 Å². The summed E-state index contributed by atoms with van der Waals surface area (Å²) in [5.74, 6) is -0.940. The maximum atomic E-state index is 13.6. The van der Waals surface area contributed by atoms with Gasteiger partial charge in [-0.25, -0.2) is 9.18 Å². The highest BCUT2D eigenvalue weighted by Gasteiger charge is 2.54. The summed E-state index contributed by atoms with van der Waals surface area (Å²) in [4.78, 5) is 29.7. The Kier molecular flexibility index (Phi) is 5.44. The van der Waals surface area contributed by atoms with Gasteiger partial charge in [0.15, 0.2) is 11.0 Å². The van der Waals surface area contributed by atoms with E-state index in [1.165, 1.54) is 21.9 Å². The monoisotopic (exact) mass is 455 g/mol. The molecule has 2 aromatic rings. The number of carbonyl (C=O) groups excluding carboxylic acids is 2.